The number of nitrogens with zero attached hydrogens (tertiary/aromatic N) is 1. The monoisotopic (exact) mass is 236 g/mol. The Morgan fingerprint density at radius 1 is 1.12 bits per heavy atom. The van der Waals surface area contributed by atoms with Gasteiger partial charge in [0.1, 0.15) is 5.82 Å². The van der Waals surface area contributed by atoms with Crippen LogP contribution in [0, 0.1) is 5.82 Å². The Bertz CT molecular complexity index is 331. The molecule has 1 heterocycles. The van der Waals surface area contributed by atoms with Gasteiger partial charge >= 0.3 is 0 Å². The molecule has 0 radical (unpaired) electrons. The fourth-order valence-corrected chi connectivity index (χ4v) is 2.50. The van der Waals surface area contributed by atoms with Crippen molar-refractivity contribution in [1.29, 1.82) is 0 Å². The lowest BCUT2D eigenvalue weighted by atomic mass is 9.97. The van der Waals surface area contributed by atoms with Gasteiger partial charge in [0.05, 0.1) is 0 Å². The van der Waals surface area contributed by atoms with Crippen LogP contribution in [-0.4, -0.2) is 31.1 Å². The molecule has 0 saturated carbocycles. The molecule has 0 aliphatic carbocycles. The number of halogens is 1. The molecule has 1 saturated heterocycles. The van der Waals surface area contributed by atoms with Crippen molar-refractivity contribution in [2.75, 3.05) is 26.2 Å². The molecule has 1 aliphatic rings. The molecule has 0 amide bonds. The summed E-state index contributed by atoms with van der Waals surface area (Å²) in [5, 5.41) is 0. The molecule has 3 heteroatoms. The van der Waals surface area contributed by atoms with Crippen molar-refractivity contribution in [1.82, 2.24) is 4.90 Å². The Morgan fingerprint density at radius 2 is 1.76 bits per heavy atom. The standard InChI is InChI=1S/C14H21FN2/c15-14-6-4-12(5-7-14)13(10-16)11-17-8-2-1-3-9-17/h4-7,13H,1-3,8-11,16H2. The Labute approximate surface area is 103 Å². The number of likely N-dealkylation sites (tertiary alicyclic amines) is 1. The average molecular weight is 236 g/mol. The number of hydrogen-bond acceptors (Lipinski definition) is 2. The van der Waals surface area contributed by atoms with Crippen LogP contribution >= 0.6 is 0 Å². The summed E-state index contributed by atoms with van der Waals surface area (Å²) in [5.41, 5.74) is 6.99. The predicted octanol–water partition coefficient (Wildman–Crippen LogP) is 2.35. The van der Waals surface area contributed by atoms with E-state index >= 15 is 0 Å². The highest BCUT2D eigenvalue weighted by atomic mass is 19.1. The summed E-state index contributed by atoms with van der Waals surface area (Å²) >= 11 is 0. The quantitative estimate of drug-likeness (QED) is 0.869. The summed E-state index contributed by atoms with van der Waals surface area (Å²) in [7, 11) is 0. The lowest BCUT2D eigenvalue weighted by molar-refractivity contribution is 0.216. The maximum absolute atomic E-state index is 12.9. The van der Waals surface area contributed by atoms with E-state index in [4.69, 9.17) is 5.73 Å². The number of benzene rings is 1. The molecular weight excluding hydrogens is 215 g/mol. The minimum absolute atomic E-state index is 0.178. The zero-order valence-electron chi connectivity index (χ0n) is 10.2. The summed E-state index contributed by atoms with van der Waals surface area (Å²) in [4.78, 5) is 2.48. The summed E-state index contributed by atoms with van der Waals surface area (Å²) in [6.45, 7) is 3.99. The fourth-order valence-electron chi connectivity index (χ4n) is 2.50. The summed E-state index contributed by atoms with van der Waals surface area (Å²) in [6.07, 6.45) is 3.93. The maximum Gasteiger partial charge on any atom is 0.123 e. The first-order valence-electron chi connectivity index (χ1n) is 6.47. The van der Waals surface area contributed by atoms with Crippen LogP contribution in [0.3, 0.4) is 0 Å². The van der Waals surface area contributed by atoms with Gasteiger partial charge in [0.2, 0.25) is 0 Å². The molecule has 0 bridgehead atoms. The van der Waals surface area contributed by atoms with E-state index in [1.807, 2.05) is 12.1 Å². The Hall–Kier alpha value is -0.930. The molecule has 1 unspecified atom stereocenters. The van der Waals surface area contributed by atoms with Crippen LogP contribution in [0.1, 0.15) is 30.7 Å². The number of rotatable bonds is 4. The smallest absolute Gasteiger partial charge is 0.123 e. The van der Waals surface area contributed by atoms with Crippen molar-refractivity contribution in [2.24, 2.45) is 5.73 Å². The van der Waals surface area contributed by atoms with Crippen LogP contribution < -0.4 is 5.73 Å². The normalized spacial score (nSPS) is 19.2. The van der Waals surface area contributed by atoms with Crippen molar-refractivity contribution in [3.05, 3.63) is 35.6 Å². The van der Waals surface area contributed by atoms with E-state index in [-0.39, 0.29) is 5.82 Å². The zero-order chi connectivity index (χ0) is 12.1. The number of hydrogen-bond donors (Lipinski definition) is 1. The van der Waals surface area contributed by atoms with E-state index in [1.54, 1.807) is 0 Å². The van der Waals surface area contributed by atoms with Crippen molar-refractivity contribution in [2.45, 2.75) is 25.2 Å². The molecule has 0 spiro atoms. The Kier molecular flexibility index (Phi) is 4.51. The first-order valence-corrected chi connectivity index (χ1v) is 6.47. The van der Waals surface area contributed by atoms with Crippen molar-refractivity contribution < 1.29 is 4.39 Å². The third kappa shape index (κ3) is 3.51. The Morgan fingerprint density at radius 3 is 2.35 bits per heavy atom. The summed E-state index contributed by atoms with van der Waals surface area (Å²) in [6, 6.07) is 6.76. The highest BCUT2D eigenvalue weighted by Gasteiger charge is 2.16. The molecule has 1 aromatic rings. The van der Waals surface area contributed by atoms with Gasteiger partial charge in [-0.1, -0.05) is 18.6 Å². The average Bonchev–Trinajstić information content (AvgIpc) is 2.38. The van der Waals surface area contributed by atoms with E-state index in [2.05, 4.69) is 4.90 Å². The lowest BCUT2D eigenvalue weighted by Gasteiger charge is -2.30. The number of nitrogens with two attached hydrogens (primary N) is 1. The molecule has 94 valence electrons. The van der Waals surface area contributed by atoms with Crippen molar-refractivity contribution in [3.8, 4) is 0 Å². The van der Waals surface area contributed by atoms with Crippen molar-refractivity contribution in [3.63, 3.8) is 0 Å². The molecule has 1 aromatic carbocycles. The van der Waals surface area contributed by atoms with Crippen molar-refractivity contribution >= 4 is 0 Å². The summed E-state index contributed by atoms with van der Waals surface area (Å²) in [5.74, 6) is 0.149. The van der Waals surface area contributed by atoms with E-state index in [9.17, 15) is 4.39 Å². The molecule has 2 N–H and O–H groups in total. The minimum atomic E-state index is -0.178. The lowest BCUT2D eigenvalue weighted by Crippen LogP contribution is -2.35. The van der Waals surface area contributed by atoms with Gasteiger partial charge < -0.3 is 10.6 Å². The largest absolute Gasteiger partial charge is 0.330 e. The van der Waals surface area contributed by atoms with E-state index in [0.29, 0.717) is 12.5 Å². The highest BCUT2D eigenvalue weighted by molar-refractivity contribution is 5.21. The topological polar surface area (TPSA) is 29.3 Å². The predicted molar refractivity (Wildman–Crippen MR) is 68.5 cm³/mol. The first-order chi connectivity index (χ1) is 8.29. The molecule has 17 heavy (non-hydrogen) atoms. The van der Waals surface area contributed by atoms with Gasteiger partial charge in [0.15, 0.2) is 0 Å². The van der Waals surface area contributed by atoms with Gasteiger partial charge in [0, 0.05) is 19.0 Å². The van der Waals surface area contributed by atoms with Gasteiger partial charge in [-0.3, -0.25) is 0 Å². The zero-order valence-corrected chi connectivity index (χ0v) is 10.2. The summed E-state index contributed by atoms with van der Waals surface area (Å²) < 4.78 is 12.9. The molecule has 1 fully saturated rings. The van der Waals surface area contributed by atoms with Gasteiger partial charge in [-0.2, -0.15) is 0 Å². The van der Waals surface area contributed by atoms with Gasteiger partial charge in [-0.05, 0) is 43.6 Å². The van der Waals surface area contributed by atoms with E-state index in [0.717, 1.165) is 12.1 Å². The SMILES string of the molecule is NCC(CN1CCCCC1)c1ccc(F)cc1. The molecule has 1 atom stereocenters. The van der Waals surface area contributed by atoms with Crippen LogP contribution in [-0.2, 0) is 0 Å². The van der Waals surface area contributed by atoms with Crippen LogP contribution in [0.25, 0.3) is 0 Å². The highest BCUT2D eigenvalue weighted by Crippen LogP contribution is 2.19. The molecule has 2 nitrogen and oxygen atoms in total. The van der Waals surface area contributed by atoms with E-state index < -0.39 is 0 Å². The van der Waals surface area contributed by atoms with Gasteiger partial charge in [-0.15, -0.1) is 0 Å². The van der Waals surface area contributed by atoms with Crippen LogP contribution in [0.5, 0.6) is 0 Å². The third-order valence-corrected chi connectivity index (χ3v) is 3.55. The molecular formula is C14H21FN2. The maximum atomic E-state index is 12.9. The molecule has 2 rings (SSSR count). The van der Waals surface area contributed by atoms with E-state index in [1.165, 1.54) is 44.5 Å². The number of piperidine rings is 1. The fraction of sp³-hybridized carbons (Fsp3) is 0.571. The van der Waals surface area contributed by atoms with Crippen LogP contribution in [0.4, 0.5) is 4.39 Å². The van der Waals surface area contributed by atoms with Crippen LogP contribution in [0.2, 0.25) is 0 Å². The second-order valence-electron chi connectivity index (χ2n) is 4.85. The second kappa shape index (κ2) is 6.12. The minimum Gasteiger partial charge on any atom is -0.330 e. The second-order valence-corrected chi connectivity index (χ2v) is 4.85. The molecule has 0 aromatic heterocycles. The van der Waals surface area contributed by atoms with Gasteiger partial charge in [-0.25, -0.2) is 4.39 Å². The molecule has 1 aliphatic heterocycles. The first kappa shape index (κ1) is 12.5. The third-order valence-electron chi connectivity index (χ3n) is 3.55. The Balaban J connectivity index is 1.97. The van der Waals surface area contributed by atoms with Crippen LogP contribution in [0.15, 0.2) is 24.3 Å². The van der Waals surface area contributed by atoms with Gasteiger partial charge in [0.25, 0.3) is 0 Å².